The normalized spacial score (nSPS) is 19.1. The lowest BCUT2D eigenvalue weighted by Gasteiger charge is -2.27. The minimum atomic E-state index is -1.21. The number of rotatable bonds is 11. The van der Waals surface area contributed by atoms with Crippen LogP contribution in [-0.4, -0.2) is 77.9 Å². The fourth-order valence-corrected chi connectivity index (χ4v) is 7.34. The summed E-state index contributed by atoms with van der Waals surface area (Å²) in [7, 11) is 0. The molecule has 5 aromatic rings. The van der Waals surface area contributed by atoms with Crippen molar-refractivity contribution in [3.8, 4) is 16.9 Å². The Bertz CT molecular complexity index is 2200. The Balaban J connectivity index is 1.34. The number of carbonyl (C=O) groups is 6. The maximum absolute atomic E-state index is 14.5. The maximum atomic E-state index is 14.5. The molecule has 0 fully saturated rings. The van der Waals surface area contributed by atoms with E-state index in [1.807, 2.05) is 78.2 Å². The quantitative estimate of drug-likeness (QED) is 0.109. The van der Waals surface area contributed by atoms with Crippen LogP contribution in [0.2, 0.25) is 0 Å². The molecule has 6 N–H and O–H groups in total. The second kappa shape index (κ2) is 20.6. The predicted octanol–water partition coefficient (Wildman–Crippen LogP) is 3.61. The standard InChI is InChI=1S/C45H45N5O8S/c51-40-28-58-34-19-15-31(16-20-34)25-36(42(54)46-22-21-41(52)53)48-43(55)37(24-29-8-3-1-4-9-29)49-44(56)38(50-45(57)39(47-40)27-35-12-7-23-59-35)26-30-13-17-33(18-14-30)32-10-5-2-6-11-32/h1-20,23,36-39H,21-22,24-28H2,(H,46,54)(H,47,51)(H,48,55)(H,49,56)(H,50,57)(H,52,53)/t36-,37-,38-,39-/m0/s1. The van der Waals surface area contributed by atoms with Gasteiger partial charge in [-0.05, 0) is 51.4 Å². The first-order chi connectivity index (χ1) is 28.6. The molecule has 7 rings (SSSR count). The summed E-state index contributed by atoms with van der Waals surface area (Å²) in [4.78, 5) is 81.7. The van der Waals surface area contributed by atoms with Crippen molar-refractivity contribution in [1.29, 1.82) is 0 Å². The highest BCUT2D eigenvalue weighted by molar-refractivity contribution is 7.09. The lowest BCUT2D eigenvalue weighted by Crippen LogP contribution is -2.59. The van der Waals surface area contributed by atoms with Crippen LogP contribution in [0.5, 0.6) is 5.75 Å². The van der Waals surface area contributed by atoms with Gasteiger partial charge in [0.15, 0.2) is 6.61 Å². The molecule has 59 heavy (non-hydrogen) atoms. The van der Waals surface area contributed by atoms with Gasteiger partial charge in [-0.3, -0.25) is 28.8 Å². The fourth-order valence-electron chi connectivity index (χ4n) is 6.59. The summed E-state index contributed by atoms with van der Waals surface area (Å²) in [5.74, 6) is -3.87. The van der Waals surface area contributed by atoms with Gasteiger partial charge in [-0.2, -0.15) is 0 Å². The van der Waals surface area contributed by atoms with E-state index in [4.69, 9.17) is 9.84 Å². The Labute approximate surface area is 345 Å². The number of carbonyl (C=O) groups excluding carboxylic acids is 5. The smallest absolute Gasteiger partial charge is 0.305 e. The summed E-state index contributed by atoms with van der Waals surface area (Å²) in [6.07, 6.45) is -0.0769. The summed E-state index contributed by atoms with van der Waals surface area (Å²) in [5, 5.41) is 24.9. The molecule has 0 spiro atoms. The molecule has 2 aliphatic rings. The lowest BCUT2D eigenvalue weighted by atomic mass is 9.99. The molecule has 4 atom stereocenters. The van der Waals surface area contributed by atoms with Gasteiger partial charge in [0.2, 0.25) is 23.6 Å². The molecule has 1 aromatic heterocycles. The SMILES string of the molecule is O=C(O)CCNC(=O)[C@@H]1Cc2ccc(cc2)OCC(=O)N[C@@H](Cc2cccs2)C(=O)N[C@@H](Cc2ccc(-c3ccccc3)cc2)C(=O)N[C@@H](Cc2ccccc2)C(=O)N1. The highest BCUT2D eigenvalue weighted by Crippen LogP contribution is 2.21. The van der Waals surface area contributed by atoms with Crippen LogP contribution in [0, 0.1) is 0 Å². The Morgan fingerprint density at radius 1 is 0.644 bits per heavy atom. The van der Waals surface area contributed by atoms with E-state index < -0.39 is 66.3 Å². The van der Waals surface area contributed by atoms with E-state index in [2.05, 4.69) is 26.6 Å². The van der Waals surface area contributed by atoms with Gasteiger partial charge < -0.3 is 36.4 Å². The number of ether oxygens (including phenoxy) is 1. The van der Waals surface area contributed by atoms with Gasteiger partial charge in [0.05, 0.1) is 6.42 Å². The first kappa shape index (κ1) is 41.8. The molecule has 304 valence electrons. The van der Waals surface area contributed by atoms with Gasteiger partial charge >= 0.3 is 5.97 Å². The first-order valence-electron chi connectivity index (χ1n) is 19.2. The summed E-state index contributed by atoms with van der Waals surface area (Å²) in [6.45, 7) is -0.572. The molecule has 4 aromatic carbocycles. The van der Waals surface area contributed by atoms with E-state index in [1.54, 1.807) is 48.5 Å². The summed E-state index contributed by atoms with van der Waals surface area (Å²) in [6, 6.07) is 32.0. The molecular weight excluding hydrogens is 771 g/mol. The lowest BCUT2D eigenvalue weighted by molar-refractivity contribution is -0.137. The van der Waals surface area contributed by atoms with Crippen LogP contribution in [0.4, 0.5) is 0 Å². The third-order valence-corrected chi connectivity index (χ3v) is 10.6. The molecule has 5 amide bonds. The Hall–Kier alpha value is -6.80. The number of thiophene rings is 1. The van der Waals surface area contributed by atoms with Gasteiger partial charge in [0.25, 0.3) is 5.91 Å². The van der Waals surface area contributed by atoms with Crippen molar-refractivity contribution in [3.63, 3.8) is 0 Å². The van der Waals surface area contributed by atoms with E-state index in [-0.39, 0.29) is 38.6 Å². The summed E-state index contributed by atoms with van der Waals surface area (Å²) >= 11 is 1.42. The van der Waals surface area contributed by atoms with Crippen molar-refractivity contribution in [2.45, 2.75) is 56.3 Å². The average molecular weight is 816 g/mol. The number of amides is 5. The fraction of sp³-hybridized carbons (Fsp3) is 0.244. The van der Waals surface area contributed by atoms with Crippen LogP contribution in [0.1, 0.15) is 28.0 Å². The predicted molar refractivity (Wildman–Crippen MR) is 222 cm³/mol. The molecule has 0 radical (unpaired) electrons. The number of aliphatic carboxylic acids is 1. The largest absolute Gasteiger partial charge is 0.484 e. The average Bonchev–Trinajstić information content (AvgIpc) is 3.76. The van der Waals surface area contributed by atoms with Gasteiger partial charge in [0, 0.05) is 37.1 Å². The number of hydrogen-bond donors (Lipinski definition) is 6. The minimum absolute atomic E-state index is 0.0134. The van der Waals surface area contributed by atoms with Crippen molar-refractivity contribution < 1.29 is 38.6 Å². The van der Waals surface area contributed by atoms with Crippen molar-refractivity contribution in [2.24, 2.45) is 0 Å². The van der Waals surface area contributed by atoms with Crippen LogP contribution in [0.3, 0.4) is 0 Å². The van der Waals surface area contributed by atoms with Crippen LogP contribution in [-0.2, 0) is 54.5 Å². The van der Waals surface area contributed by atoms with Crippen LogP contribution in [0.15, 0.2) is 127 Å². The van der Waals surface area contributed by atoms with Gasteiger partial charge in [0.1, 0.15) is 29.9 Å². The topological polar surface area (TPSA) is 192 Å². The van der Waals surface area contributed by atoms with Crippen molar-refractivity contribution >= 4 is 46.8 Å². The second-order valence-electron chi connectivity index (χ2n) is 14.1. The Morgan fingerprint density at radius 3 is 1.83 bits per heavy atom. The molecule has 2 aliphatic heterocycles. The zero-order valence-corrected chi connectivity index (χ0v) is 32.9. The number of carboxylic acid groups (broad SMARTS) is 1. The monoisotopic (exact) mass is 815 g/mol. The van der Waals surface area contributed by atoms with E-state index in [0.717, 1.165) is 27.1 Å². The molecule has 13 nitrogen and oxygen atoms in total. The number of carboxylic acids is 1. The van der Waals surface area contributed by atoms with Crippen LogP contribution in [0.25, 0.3) is 11.1 Å². The molecule has 0 saturated carbocycles. The Kier molecular flexibility index (Phi) is 14.6. The number of nitrogens with one attached hydrogen (secondary N) is 5. The van der Waals surface area contributed by atoms with E-state index in [9.17, 15) is 28.8 Å². The van der Waals surface area contributed by atoms with Crippen molar-refractivity contribution in [2.75, 3.05) is 13.2 Å². The molecule has 14 heteroatoms. The van der Waals surface area contributed by atoms with E-state index in [1.165, 1.54) is 11.3 Å². The Morgan fingerprint density at radius 2 is 1.22 bits per heavy atom. The second-order valence-corrected chi connectivity index (χ2v) is 15.1. The maximum Gasteiger partial charge on any atom is 0.305 e. The zero-order valence-electron chi connectivity index (χ0n) is 32.1. The van der Waals surface area contributed by atoms with Gasteiger partial charge in [-0.25, -0.2) is 0 Å². The summed E-state index contributed by atoms with van der Waals surface area (Å²) in [5.41, 5.74) is 4.04. The molecule has 0 unspecified atom stereocenters. The van der Waals surface area contributed by atoms with Crippen LogP contribution < -0.4 is 31.3 Å². The van der Waals surface area contributed by atoms with Crippen molar-refractivity contribution in [3.05, 3.63) is 148 Å². The third-order valence-electron chi connectivity index (χ3n) is 9.69. The summed E-state index contributed by atoms with van der Waals surface area (Å²) < 4.78 is 5.74. The number of hydrogen-bond acceptors (Lipinski definition) is 8. The van der Waals surface area contributed by atoms with Crippen molar-refractivity contribution in [1.82, 2.24) is 26.6 Å². The number of fused-ring (bicyclic) bond motifs is 16. The third kappa shape index (κ3) is 12.6. The van der Waals surface area contributed by atoms with E-state index in [0.29, 0.717) is 11.3 Å². The van der Waals surface area contributed by atoms with E-state index >= 15 is 0 Å². The highest BCUT2D eigenvalue weighted by atomic mass is 32.1. The molecule has 0 aliphatic carbocycles. The molecular formula is C45H45N5O8S. The highest BCUT2D eigenvalue weighted by Gasteiger charge is 2.32. The zero-order chi connectivity index (χ0) is 41.6. The first-order valence-corrected chi connectivity index (χ1v) is 20.1. The van der Waals surface area contributed by atoms with Crippen LogP contribution >= 0.6 is 11.3 Å². The van der Waals surface area contributed by atoms with Gasteiger partial charge in [-0.15, -0.1) is 11.3 Å². The number of benzene rings is 4. The molecule has 0 saturated heterocycles. The molecule has 2 bridgehead atoms. The molecule has 3 heterocycles. The minimum Gasteiger partial charge on any atom is -0.484 e. The van der Waals surface area contributed by atoms with Gasteiger partial charge in [-0.1, -0.05) is 103 Å².